The smallest absolute Gasteiger partial charge is 0.335 e. The largest absolute Gasteiger partial charge is 0.478 e. The molecule has 0 aliphatic carbocycles. The summed E-state index contributed by atoms with van der Waals surface area (Å²) in [5, 5.41) is 11.1. The first kappa shape index (κ1) is 15.1. The van der Waals surface area contributed by atoms with Crippen molar-refractivity contribution in [3.05, 3.63) is 29.6 Å². The lowest BCUT2D eigenvalue weighted by Crippen LogP contribution is -2.36. The van der Waals surface area contributed by atoms with Crippen molar-refractivity contribution >= 4 is 17.6 Å². The second-order valence-corrected chi connectivity index (χ2v) is 4.73. The number of rotatable bonds is 5. The van der Waals surface area contributed by atoms with Crippen LogP contribution in [-0.2, 0) is 4.79 Å². The number of anilines is 1. The highest BCUT2D eigenvalue weighted by atomic mass is 19.1. The number of nitrogens with one attached hydrogen (secondary N) is 1. The third-order valence-corrected chi connectivity index (χ3v) is 2.53. The van der Waals surface area contributed by atoms with Crippen LogP contribution >= 0.6 is 0 Å². The summed E-state index contributed by atoms with van der Waals surface area (Å²) in [6.45, 7) is 3.83. The summed E-state index contributed by atoms with van der Waals surface area (Å²) in [5.41, 5.74) is 5.38. The highest BCUT2D eigenvalue weighted by Gasteiger charge is 2.17. The van der Waals surface area contributed by atoms with Crippen LogP contribution in [0.3, 0.4) is 0 Å². The van der Waals surface area contributed by atoms with Crippen molar-refractivity contribution in [1.82, 2.24) is 0 Å². The Hall–Kier alpha value is -1.95. The summed E-state index contributed by atoms with van der Waals surface area (Å²) < 4.78 is 13.5. The van der Waals surface area contributed by atoms with Gasteiger partial charge in [-0.05, 0) is 30.5 Å². The Labute approximate surface area is 110 Å². The molecule has 1 amide bonds. The molecule has 1 aromatic rings. The predicted molar refractivity (Wildman–Crippen MR) is 69.4 cm³/mol. The maximum atomic E-state index is 13.5. The van der Waals surface area contributed by atoms with Crippen molar-refractivity contribution in [1.29, 1.82) is 0 Å². The molecule has 0 saturated carbocycles. The minimum absolute atomic E-state index is 0.103. The van der Waals surface area contributed by atoms with Gasteiger partial charge in [0.05, 0.1) is 17.3 Å². The molecule has 104 valence electrons. The molecule has 0 bridgehead atoms. The molecule has 0 aromatic heterocycles. The fourth-order valence-corrected chi connectivity index (χ4v) is 1.59. The van der Waals surface area contributed by atoms with E-state index in [0.29, 0.717) is 6.42 Å². The maximum Gasteiger partial charge on any atom is 0.335 e. The zero-order chi connectivity index (χ0) is 14.6. The SMILES string of the molecule is CC(C)C[C@H](N)C(=O)Nc1cc(C(=O)O)ccc1F. The summed E-state index contributed by atoms with van der Waals surface area (Å²) in [7, 11) is 0. The van der Waals surface area contributed by atoms with Crippen LogP contribution in [0.4, 0.5) is 10.1 Å². The standard InChI is InChI=1S/C13H17FN2O3/c1-7(2)5-10(15)12(17)16-11-6-8(13(18)19)3-4-9(11)14/h3-4,6-7,10H,5,15H2,1-2H3,(H,16,17)(H,18,19)/t10-/m0/s1. The Morgan fingerprint density at radius 1 is 1.42 bits per heavy atom. The summed E-state index contributed by atoms with van der Waals surface area (Å²) in [5.74, 6) is -2.19. The Morgan fingerprint density at radius 3 is 2.58 bits per heavy atom. The highest BCUT2D eigenvalue weighted by molar-refractivity contribution is 5.96. The van der Waals surface area contributed by atoms with Gasteiger partial charge in [-0.2, -0.15) is 0 Å². The molecular weight excluding hydrogens is 251 g/mol. The van der Waals surface area contributed by atoms with Gasteiger partial charge in [-0.25, -0.2) is 9.18 Å². The summed E-state index contributed by atoms with van der Waals surface area (Å²) in [6.07, 6.45) is 0.464. The molecule has 1 rings (SSSR count). The number of hydrogen-bond donors (Lipinski definition) is 3. The van der Waals surface area contributed by atoms with Crippen molar-refractivity contribution in [3.8, 4) is 0 Å². The van der Waals surface area contributed by atoms with Gasteiger partial charge in [-0.1, -0.05) is 13.8 Å². The molecule has 0 heterocycles. The van der Waals surface area contributed by atoms with Crippen LogP contribution in [0.15, 0.2) is 18.2 Å². The van der Waals surface area contributed by atoms with Crippen LogP contribution in [0.25, 0.3) is 0 Å². The number of carbonyl (C=O) groups is 2. The summed E-state index contributed by atoms with van der Waals surface area (Å²) in [4.78, 5) is 22.5. The van der Waals surface area contributed by atoms with Gasteiger partial charge in [-0.3, -0.25) is 4.79 Å². The lowest BCUT2D eigenvalue weighted by atomic mass is 10.0. The first-order chi connectivity index (χ1) is 8.81. The van der Waals surface area contributed by atoms with E-state index >= 15 is 0 Å². The summed E-state index contributed by atoms with van der Waals surface area (Å²) >= 11 is 0. The second-order valence-electron chi connectivity index (χ2n) is 4.73. The van der Waals surface area contributed by atoms with E-state index in [9.17, 15) is 14.0 Å². The molecule has 0 fully saturated rings. The first-order valence-electron chi connectivity index (χ1n) is 5.90. The lowest BCUT2D eigenvalue weighted by molar-refractivity contribution is -0.117. The van der Waals surface area contributed by atoms with Crippen molar-refractivity contribution in [2.75, 3.05) is 5.32 Å². The Bertz CT molecular complexity index is 489. The van der Waals surface area contributed by atoms with Gasteiger partial charge >= 0.3 is 5.97 Å². The van der Waals surface area contributed by atoms with Gasteiger partial charge in [0, 0.05) is 0 Å². The molecular formula is C13H17FN2O3. The third kappa shape index (κ3) is 4.33. The lowest BCUT2D eigenvalue weighted by Gasteiger charge is -2.14. The number of benzene rings is 1. The third-order valence-electron chi connectivity index (χ3n) is 2.53. The molecule has 1 aromatic carbocycles. The average Bonchev–Trinajstić information content (AvgIpc) is 2.30. The summed E-state index contributed by atoms with van der Waals surface area (Å²) in [6, 6.07) is 2.43. The quantitative estimate of drug-likeness (QED) is 0.759. The number of nitrogens with two attached hydrogens (primary N) is 1. The van der Waals surface area contributed by atoms with Crippen molar-refractivity contribution < 1.29 is 19.1 Å². The van der Waals surface area contributed by atoms with E-state index in [-0.39, 0.29) is 17.2 Å². The van der Waals surface area contributed by atoms with E-state index in [1.54, 1.807) is 0 Å². The van der Waals surface area contributed by atoms with Crippen molar-refractivity contribution in [2.45, 2.75) is 26.3 Å². The van der Waals surface area contributed by atoms with Crippen LogP contribution in [-0.4, -0.2) is 23.0 Å². The zero-order valence-electron chi connectivity index (χ0n) is 10.8. The Morgan fingerprint density at radius 2 is 2.05 bits per heavy atom. The maximum absolute atomic E-state index is 13.5. The number of carboxylic acids is 1. The molecule has 5 nitrogen and oxygen atoms in total. The normalized spacial score (nSPS) is 12.3. The van der Waals surface area contributed by atoms with E-state index in [2.05, 4.69) is 5.32 Å². The fourth-order valence-electron chi connectivity index (χ4n) is 1.59. The van der Waals surface area contributed by atoms with Crippen LogP contribution in [0.5, 0.6) is 0 Å². The monoisotopic (exact) mass is 268 g/mol. The van der Waals surface area contributed by atoms with Crippen molar-refractivity contribution in [3.63, 3.8) is 0 Å². The number of carboxylic acid groups (broad SMARTS) is 1. The van der Waals surface area contributed by atoms with Crippen LogP contribution < -0.4 is 11.1 Å². The number of aromatic carboxylic acids is 1. The fraction of sp³-hybridized carbons (Fsp3) is 0.385. The molecule has 0 saturated heterocycles. The molecule has 0 unspecified atom stereocenters. The molecule has 19 heavy (non-hydrogen) atoms. The molecule has 0 aliphatic heterocycles. The number of amides is 1. The number of carbonyl (C=O) groups excluding carboxylic acids is 1. The second kappa shape index (κ2) is 6.29. The predicted octanol–water partition coefficient (Wildman–Crippen LogP) is 1.84. The van der Waals surface area contributed by atoms with Gasteiger partial charge in [0.2, 0.25) is 5.91 Å². The number of hydrogen-bond acceptors (Lipinski definition) is 3. The molecule has 0 radical (unpaired) electrons. The first-order valence-corrected chi connectivity index (χ1v) is 5.90. The molecule has 6 heteroatoms. The molecule has 1 atom stereocenters. The van der Waals surface area contributed by atoms with Gasteiger partial charge in [0.1, 0.15) is 5.82 Å². The van der Waals surface area contributed by atoms with Crippen molar-refractivity contribution in [2.24, 2.45) is 11.7 Å². The highest BCUT2D eigenvalue weighted by Crippen LogP contribution is 2.17. The minimum atomic E-state index is -1.19. The van der Waals surface area contributed by atoms with Crippen LogP contribution in [0.1, 0.15) is 30.6 Å². The van der Waals surface area contributed by atoms with Crippen LogP contribution in [0.2, 0.25) is 0 Å². The van der Waals surface area contributed by atoms with Gasteiger partial charge < -0.3 is 16.2 Å². The zero-order valence-corrected chi connectivity index (χ0v) is 10.8. The van der Waals surface area contributed by atoms with E-state index in [1.165, 1.54) is 0 Å². The van der Waals surface area contributed by atoms with Gasteiger partial charge in [0.25, 0.3) is 0 Å². The van der Waals surface area contributed by atoms with Crippen LogP contribution in [0, 0.1) is 11.7 Å². The Balaban J connectivity index is 2.84. The molecule has 4 N–H and O–H groups in total. The van der Waals surface area contributed by atoms with Gasteiger partial charge in [0.15, 0.2) is 0 Å². The van der Waals surface area contributed by atoms with Gasteiger partial charge in [-0.15, -0.1) is 0 Å². The van der Waals surface area contributed by atoms with E-state index < -0.39 is 23.7 Å². The molecule has 0 aliphatic rings. The van der Waals surface area contributed by atoms with E-state index in [4.69, 9.17) is 10.8 Å². The van der Waals surface area contributed by atoms with E-state index in [1.807, 2.05) is 13.8 Å². The molecule has 0 spiro atoms. The topological polar surface area (TPSA) is 92.4 Å². The van der Waals surface area contributed by atoms with E-state index in [0.717, 1.165) is 18.2 Å². The Kier molecular flexibility index (Phi) is 5.00. The minimum Gasteiger partial charge on any atom is -0.478 e. The number of halogens is 1. The average molecular weight is 268 g/mol.